The number of carbonyl (C=O) groups is 1. The van der Waals surface area contributed by atoms with Crippen molar-refractivity contribution in [1.82, 2.24) is 0 Å². The molecule has 1 unspecified atom stereocenters. The molecule has 0 bridgehead atoms. The molecule has 2 rings (SSSR count). The van der Waals surface area contributed by atoms with E-state index in [4.69, 9.17) is 16.4 Å². The molecule has 1 aliphatic rings. The van der Waals surface area contributed by atoms with E-state index in [1.165, 1.54) is 5.56 Å². The third-order valence-corrected chi connectivity index (χ3v) is 2.86. The van der Waals surface area contributed by atoms with Crippen LogP contribution >= 0.6 is 11.6 Å². The molecule has 1 aliphatic heterocycles. The lowest BCUT2D eigenvalue weighted by molar-refractivity contribution is -0.120. The molecule has 0 aliphatic carbocycles. The molecular formula is C12H12ClNO2. The number of carbonyl (C=O) groups excluding carboxylic acids is 1. The SMILES string of the molecule is CCc1ccc(C2=NOC(C(=O)Cl)C2)cc1. The van der Waals surface area contributed by atoms with Crippen molar-refractivity contribution in [2.45, 2.75) is 25.9 Å². The smallest absolute Gasteiger partial charge is 0.265 e. The third kappa shape index (κ3) is 2.25. The summed E-state index contributed by atoms with van der Waals surface area (Å²) in [4.78, 5) is 15.8. The second-order valence-electron chi connectivity index (χ2n) is 3.69. The predicted molar refractivity (Wildman–Crippen MR) is 62.7 cm³/mol. The van der Waals surface area contributed by atoms with Crippen LogP contribution in [0.25, 0.3) is 0 Å². The van der Waals surface area contributed by atoms with Gasteiger partial charge in [0, 0.05) is 6.42 Å². The lowest BCUT2D eigenvalue weighted by atomic mass is 10.0. The zero-order valence-corrected chi connectivity index (χ0v) is 9.70. The monoisotopic (exact) mass is 237 g/mol. The molecule has 0 radical (unpaired) electrons. The first-order valence-electron chi connectivity index (χ1n) is 5.22. The average molecular weight is 238 g/mol. The minimum atomic E-state index is -0.623. The molecule has 0 saturated heterocycles. The summed E-state index contributed by atoms with van der Waals surface area (Å²) in [6.45, 7) is 2.10. The van der Waals surface area contributed by atoms with E-state index in [1.807, 2.05) is 24.3 Å². The van der Waals surface area contributed by atoms with Gasteiger partial charge in [-0.2, -0.15) is 0 Å². The minimum absolute atomic E-state index is 0.452. The van der Waals surface area contributed by atoms with Gasteiger partial charge in [0.25, 0.3) is 5.24 Å². The van der Waals surface area contributed by atoms with Gasteiger partial charge in [-0.25, -0.2) is 0 Å². The highest BCUT2D eigenvalue weighted by molar-refractivity contribution is 6.64. The van der Waals surface area contributed by atoms with E-state index in [1.54, 1.807) is 0 Å². The van der Waals surface area contributed by atoms with Crippen LogP contribution in [-0.4, -0.2) is 17.1 Å². The van der Waals surface area contributed by atoms with Crippen LogP contribution in [0.4, 0.5) is 0 Å². The molecule has 0 aromatic heterocycles. The molecule has 4 heteroatoms. The van der Waals surface area contributed by atoms with Crippen LogP contribution in [-0.2, 0) is 16.1 Å². The highest BCUT2D eigenvalue weighted by atomic mass is 35.5. The van der Waals surface area contributed by atoms with Crippen molar-refractivity contribution in [1.29, 1.82) is 0 Å². The third-order valence-electron chi connectivity index (χ3n) is 2.62. The first-order chi connectivity index (χ1) is 7.70. The maximum absolute atomic E-state index is 10.9. The second-order valence-corrected chi connectivity index (χ2v) is 4.06. The molecule has 0 amide bonds. The zero-order valence-electron chi connectivity index (χ0n) is 8.94. The van der Waals surface area contributed by atoms with Gasteiger partial charge < -0.3 is 4.84 Å². The number of hydrogen-bond acceptors (Lipinski definition) is 3. The zero-order chi connectivity index (χ0) is 11.5. The van der Waals surface area contributed by atoms with E-state index >= 15 is 0 Å². The number of nitrogens with zero attached hydrogens (tertiary/aromatic N) is 1. The molecule has 1 aromatic rings. The molecule has 3 nitrogen and oxygen atoms in total. The Labute approximate surface area is 99.0 Å². The van der Waals surface area contributed by atoms with Crippen molar-refractivity contribution >= 4 is 22.6 Å². The van der Waals surface area contributed by atoms with Gasteiger partial charge >= 0.3 is 0 Å². The van der Waals surface area contributed by atoms with E-state index in [9.17, 15) is 4.79 Å². The summed E-state index contributed by atoms with van der Waals surface area (Å²) < 4.78 is 0. The fourth-order valence-electron chi connectivity index (χ4n) is 1.60. The average Bonchev–Trinajstić information content (AvgIpc) is 2.78. The maximum Gasteiger partial charge on any atom is 0.265 e. The number of aryl methyl sites for hydroxylation is 1. The Morgan fingerprint density at radius 3 is 2.69 bits per heavy atom. The van der Waals surface area contributed by atoms with Gasteiger partial charge in [-0.3, -0.25) is 4.79 Å². The summed E-state index contributed by atoms with van der Waals surface area (Å²) in [7, 11) is 0. The fourth-order valence-corrected chi connectivity index (χ4v) is 1.72. The lowest BCUT2D eigenvalue weighted by Crippen LogP contribution is -2.15. The predicted octanol–water partition coefficient (Wildman–Crippen LogP) is 2.51. The molecule has 0 N–H and O–H groups in total. The Hall–Kier alpha value is -1.35. The Morgan fingerprint density at radius 2 is 2.19 bits per heavy atom. The quantitative estimate of drug-likeness (QED) is 0.758. The van der Waals surface area contributed by atoms with Crippen molar-refractivity contribution in [3.63, 3.8) is 0 Å². The number of hydrogen-bond donors (Lipinski definition) is 0. The van der Waals surface area contributed by atoms with Crippen LogP contribution < -0.4 is 0 Å². The summed E-state index contributed by atoms with van der Waals surface area (Å²) >= 11 is 5.35. The first kappa shape index (κ1) is 11.1. The maximum atomic E-state index is 10.9. The summed E-state index contributed by atoms with van der Waals surface area (Å²) in [6, 6.07) is 8.08. The Balaban J connectivity index is 2.11. The van der Waals surface area contributed by atoms with Crippen LogP contribution in [0.1, 0.15) is 24.5 Å². The normalized spacial score (nSPS) is 19.1. The fraction of sp³-hybridized carbons (Fsp3) is 0.333. The molecule has 1 heterocycles. The van der Waals surface area contributed by atoms with Crippen molar-refractivity contribution in [3.8, 4) is 0 Å². The first-order valence-corrected chi connectivity index (χ1v) is 5.60. The molecule has 0 saturated carbocycles. The van der Waals surface area contributed by atoms with Crippen molar-refractivity contribution < 1.29 is 9.63 Å². The number of halogens is 1. The standard InChI is InChI=1S/C12H12ClNO2/c1-2-8-3-5-9(6-4-8)10-7-11(12(13)15)16-14-10/h3-6,11H,2,7H2,1H3. The molecule has 84 valence electrons. The highest BCUT2D eigenvalue weighted by Crippen LogP contribution is 2.18. The van der Waals surface area contributed by atoms with Crippen LogP contribution in [0.2, 0.25) is 0 Å². The van der Waals surface area contributed by atoms with Crippen molar-refractivity contribution in [2.75, 3.05) is 0 Å². The van der Waals surface area contributed by atoms with E-state index in [2.05, 4.69) is 12.1 Å². The van der Waals surface area contributed by atoms with Crippen LogP contribution in [0.5, 0.6) is 0 Å². The van der Waals surface area contributed by atoms with Crippen LogP contribution in [0, 0.1) is 0 Å². The molecule has 0 fully saturated rings. The van der Waals surface area contributed by atoms with Gasteiger partial charge in [0.15, 0.2) is 0 Å². The number of rotatable bonds is 3. The summed E-state index contributed by atoms with van der Waals surface area (Å²) in [5.74, 6) is 0. The van der Waals surface area contributed by atoms with Gasteiger partial charge in [-0.1, -0.05) is 36.3 Å². The molecule has 16 heavy (non-hydrogen) atoms. The molecular weight excluding hydrogens is 226 g/mol. The summed E-state index contributed by atoms with van der Waals surface area (Å²) in [5, 5.41) is 3.38. The lowest BCUT2D eigenvalue weighted by Gasteiger charge is -2.01. The molecule has 1 aromatic carbocycles. The Kier molecular flexibility index (Phi) is 3.25. The Bertz CT molecular complexity index is 425. The van der Waals surface area contributed by atoms with Gasteiger partial charge in [0.1, 0.15) is 0 Å². The van der Waals surface area contributed by atoms with E-state index < -0.39 is 11.3 Å². The molecule has 0 spiro atoms. The number of oxime groups is 1. The van der Waals surface area contributed by atoms with Crippen LogP contribution in [0.15, 0.2) is 29.4 Å². The van der Waals surface area contributed by atoms with Crippen molar-refractivity contribution in [2.24, 2.45) is 5.16 Å². The second kappa shape index (κ2) is 4.66. The van der Waals surface area contributed by atoms with Gasteiger partial charge in [-0.15, -0.1) is 0 Å². The van der Waals surface area contributed by atoms with Gasteiger partial charge in [-0.05, 0) is 29.1 Å². The summed E-state index contributed by atoms with van der Waals surface area (Å²) in [6.07, 6.45) is 0.836. The largest absolute Gasteiger partial charge is 0.382 e. The number of benzene rings is 1. The highest BCUT2D eigenvalue weighted by Gasteiger charge is 2.27. The Morgan fingerprint density at radius 1 is 1.50 bits per heavy atom. The van der Waals surface area contributed by atoms with Gasteiger partial charge in [0.05, 0.1) is 5.71 Å². The topological polar surface area (TPSA) is 38.7 Å². The van der Waals surface area contributed by atoms with Crippen molar-refractivity contribution in [3.05, 3.63) is 35.4 Å². The van der Waals surface area contributed by atoms with Crippen LogP contribution in [0.3, 0.4) is 0 Å². The van der Waals surface area contributed by atoms with Gasteiger partial charge in [0.2, 0.25) is 6.10 Å². The minimum Gasteiger partial charge on any atom is -0.382 e. The van der Waals surface area contributed by atoms with E-state index in [0.29, 0.717) is 6.42 Å². The van der Waals surface area contributed by atoms with E-state index in [-0.39, 0.29) is 0 Å². The van der Waals surface area contributed by atoms with E-state index in [0.717, 1.165) is 17.7 Å². The summed E-state index contributed by atoms with van der Waals surface area (Å²) in [5.41, 5.74) is 3.03. The molecule has 1 atom stereocenters.